The zero-order valence-electron chi connectivity index (χ0n) is 9.17. The number of nitrogens with two attached hydrogens (primary N) is 1. The van der Waals surface area contributed by atoms with Gasteiger partial charge in [0.1, 0.15) is 6.61 Å². The van der Waals surface area contributed by atoms with Gasteiger partial charge in [-0.1, -0.05) is 0 Å². The summed E-state index contributed by atoms with van der Waals surface area (Å²) in [4.78, 5) is 0.486. The van der Waals surface area contributed by atoms with E-state index in [1.165, 1.54) is 0 Å². The van der Waals surface area contributed by atoms with E-state index in [1.807, 2.05) is 0 Å². The van der Waals surface area contributed by atoms with Crippen LogP contribution in [0.1, 0.15) is 0 Å². The van der Waals surface area contributed by atoms with Crippen LogP contribution in [0.15, 0.2) is 27.6 Å². The predicted octanol–water partition coefficient (Wildman–Crippen LogP) is 2.72. The Kier molecular flexibility index (Phi) is 5.61. The number of nitrogen functional groups attached to an aromatic ring is 1. The van der Waals surface area contributed by atoms with Crippen LogP contribution >= 0.6 is 15.9 Å². The third-order valence-corrected chi connectivity index (χ3v) is 4.18. The lowest BCUT2D eigenvalue weighted by Crippen LogP contribution is -2.19. The molecule has 0 fully saturated rings. The smallest absolute Gasteiger partial charge is 0.399 e. The molecular weight excluding hydrogens is 335 g/mol. The second-order valence-corrected chi connectivity index (χ2v) is 5.80. The maximum atomic E-state index is 11.8. The number of anilines is 1. The Bertz CT molecular complexity index is 440. The monoisotopic (exact) mass is 345 g/mol. The third kappa shape index (κ3) is 5.36. The van der Waals surface area contributed by atoms with Crippen molar-refractivity contribution in [1.29, 1.82) is 0 Å². The summed E-state index contributed by atoms with van der Waals surface area (Å²) in [5, 5.41) is 0. The molecule has 1 aromatic rings. The molecule has 0 radical (unpaired) electrons. The van der Waals surface area contributed by atoms with Crippen LogP contribution in [-0.4, -0.2) is 29.4 Å². The van der Waals surface area contributed by atoms with Gasteiger partial charge < -0.3 is 10.5 Å². The molecule has 0 aliphatic rings. The molecule has 0 amide bonds. The van der Waals surface area contributed by atoms with E-state index in [-0.39, 0.29) is 12.4 Å². The maximum Gasteiger partial charge on any atom is 0.411 e. The van der Waals surface area contributed by atoms with E-state index in [4.69, 9.17) is 5.73 Å². The Morgan fingerprint density at radius 2 is 2.06 bits per heavy atom. The summed E-state index contributed by atoms with van der Waals surface area (Å²) in [5.41, 5.74) is 6.03. The van der Waals surface area contributed by atoms with E-state index < -0.39 is 23.6 Å². The second kappa shape index (κ2) is 6.53. The van der Waals surface area contributed by atoms with Gasteiger partial charge in [-0.2, -0.15) is 13.2 Å². The van der Waals surface area contributed by atoms with E-state index >= 15 is 0 Å². The number of hydrogen-bond acceptors (Lipinski definition) is 3. The van der Waals surface area contributed by atoms with Crippen molar-refractivity contribution in [3.8, 4) is 0 Å². The fourth-order valence-corrected chi connectivity index (χ4v) is 3.06. The molecule has 1 rings (SSSR count). The Morgan fingerprint density at radius 3 is 2.61 bits per heavy atom. The Labute approximate surface area is 113 Å². The molecule has 18 heavy (non-hydrogen) atoms. The molecule has 0 heterocycles. The number of ether oxygens (including phenoxy) is 1. The van der Waals surface area contributed by atoms with E-state index in [0.29, 0.717) is 15.1 Å². The lowest BCUT2D eigenvalue weighted by Gasteiger charge is -2.08. The molecule has 0 saturated carbocycles. The molecule has 2 N–H and O–H groups in total. The average molecular weight is 346 g/mol. The normalized spacial score (nSPS) is 13.6. The quantitative estimate of drug-likeness (QED) is 0.659. The predicted molar refractivity (Wildman–Crippen MR) is 66.7 cm³/mol. The minimum Gasteiger partial charge on any atom is -0.399 e. The molecule has 0 aromatic heterocycles. The number of benzene rings is 1. The van der Waals surface area contributed by atoms with Crippen LogP contribution in [0.3, 0.4) is 0 Å². The fourth-order valence-electron chi connectivity index (χ4n) is 1.13. The van der Waals surface area contributed by atoms with Crippen molar-refractivity contribution in [2.24, 2.45) is 0 Å². The van der Waals surface area contributed by atoms with Crippen LogP contribution in [0.4, 0.5) is 18.9 Å². The molecule has 0 aliphatic heterocycles. The van der Waals surface area contributed by atoms with Crippen molar-refractivity contribution in [3.63, 3.8) is 0 Å². The van der Waals surface area contributed by atoms with Crippen LogP contribution in [-0.2, 0) is 15.5 Å². The molecule has 1 atom stereocenters. The van der Waals surface area contributed by atoms with Crippen molar-refractivity contribution in [3.05, 3.63) is 22.7 Å². The minimum absolute atomic E-state index is 0.00139. The summed E-state index contributed by atoms with van der Waals surface area (Å²) in [6.07, 6.45) is -4.36. The fraction of sp³-hybridized carbons (Fsp3) is 0.400. The molecule has 8 heteroatoms. The molecule has 0 spiro atoms. The van der Waals surface area contributed by atoms with Gasteiger partial charge in [-0.15, -0.1) is 0 Å². The largest absolute Gasteiger partial charge is 0.411 e. The van der Waals surface area contributed by atoms with Gasteiger partial charge in [0.05, 0.1) is 28.1 Å². The van der Waals surface area contributed by atoms with Crippen LogP contribution in [0.25, 0.3) is 0 Å². The summed E-state index contributed by atoms with van der Waals surface area (Å²) < 4.78 is 52.1. The molecular formula is C10H11BrF3NO2S. The highest BCUT2D eigenvalue weighted by Crippen LogP contribution is 2.23. The standard InChI is InChI=1S/C10H11BrF3NO2S/c11-8-5-7(15)1-2-9(8)18(16)4-3-17-6-10(12,13)14/h1-2,5H,3-4,6,15H2. The molecule has 1 aromatic carbocycles. The van der Waals surface area contributed by atoms with E-state index in [2.05, 4.69) is 20.7 Å². The molecule has 3 nitrogen and oxygen atoms in total. The Balaban J connectivity index is 2.46. The van der Waals surface area contributed by atoms with Crippen LogP contribution in [0, 0.1) is 0 Å². The van der Waals surface area contributed by atoms with E-state index in [1.54, 1.807) is 18.2 Å². The SMILES string of the molecule is Nc1ccc(S(=O)CCOCC(F)(F)F)c(Br)c1. The summed E-state index contributed by atoms with van der Waals surface area (Å²) in [6, 6.07) is 4.73. The lowest BCUT2D eigenvalue weighted by atomic mass is 10.3. The summed E-state index contributed by atoms with van der Waals surface area (Å²) in [7, 11) is -1.43. The first-order valence-electron chi connectivity index (χ1n) is 4.87. The number of halogens is 4. The number of rotatable bonds is 5. The van der Waals surface area contributed by atoms with Crippen molar-refractivity contribution in [2.45, 2.75) is 11.1 Å². The second-order valence-electron chi connectivity index (χ2n) is 3.41. The Hall–Kier alpha value is -0.600. The van der Waals surface area contributed by atoms with Gasteiger partial charge in [-0.3, -0.25) is 4.21 Å². The number of alkyl halides is 3. The van der Waals surface area contributed by atoms with Gasteiger partial charge in [0.2, 0.25) is 0 Å². The van der Waals surface area contributed by atoms with Gasteiger partial charge >= 0.3 is 6.18 Å². The van der Waals surface area contributed by atoms with Crippen LogP contribution in [0.5, 0.6) is 0 Å². The first kappa shape index (κ1) is 15.5. The topological polar surface area (TPSA) is 52.3 Å². The van der Waals surface area contributed by atoms with Crippen molar-refractivity contribution < 1.29 is 22.1 Å². The van der Waals surface area contributed by atoms with Crippen molar-refractivity contribution in [2.75, 3.05) is 24.7 Å². The van der Waals surface area contributed by atoms with Gasteiger partial charge in [-0.05, 0) is 34.1 Å². The highest BCUT2D eigenvalue weighted by molar-refractivity contribution is 9.10. The molecule has 102 valence electrons. The Morgan fingerprint density at radius 1 is 1.39 bits per heavy atom. The average Bonchev–Trinajstić information content (AvgIpc) is 2.22. The third-order valence-electron chi connectivity index (χ3n) is 1.88. The zero-order chi connectivity index (χ0) is 13.8. The molecule has 0 bridgehead atoms. The first-order valence-corrected chi connectivity index (χ1v) is 6.98. The summed E-state index contributed by atoms with van der Waals surface area (Å²) in [5.74, 6) is -0.00139. The molecule has 0 aliphatic carbocycles. The van der Waals surface area contributed by atoms with Gasteiger partial charge in [0, 0.05) is 10.2 Å². The molecule has 1 unspecified atom stereocenters. The van der Waals surface area contributed by atoms with Crippen molar-refractivity contribution >= 4 is 32.4 Å². The first-order chi connectivity index (χ1) is 8.29. The van der Waals surface area contributed by atoms with Crippen LogP contribution in [0.2, 0.25) is 0 Å². The lowest BCUT2D eigenvalue weighted by molar-refractivity contribution is -0.172. The summed E-state index contributed by atoms with van der Waals surface area (Å²) >= 11 is 3.19. The van der Waals surface area contributed by atoms with Gasteiger partial charge in [-0.25, -0.2) is 0 Å². The van der Waals surface area contributed by atoms with Gasteiger partial charge in [0.25, 0.3) is 0 Å². The maximum absolute atomic E-state index is 11.8. The zero-order valence-corrected chi connectivity index (χ0v) is 11.6. The highest BCUT2D eigenvalue weighted by atomic mass is 79.9. The van der Waals surface area contributed by atoms with Crippen LogP contribution < -0.4 is 5.73 Å². The van der Waals surface area contributed by atoms with Crippen molar-refractivity contribution in [1.82, 2.24) is 0 Å². The minimum atomic E-state index is -4.36. The summed E-state index contributed by atoms with van der Waals surface area (Å²) in [6.45, 7) is -1.55. The van der Waals surface area contributed by atoms with Gasteiger partial charge in [0.15, 0.2) is 0 Å². The van der Waals surface area contributed by atoms with E-state index in [0.717, 1.165) is 0 Å². The highest BCUT2D eigenvalue weighted by Gasteiger charge is 2.27. The molecule has 0 saturated heterocycles. The van der Waals surface area contributed by atoms with E-state index in [9.17, 15) is 17.4 Å². The number of hydrogen-bond donors (Lipinski definition) is 1.